The van der Waals surface area contributed by atoms with Gasteiger partial charge in [-0.3, -0.25) is 14.5 Å². The molecule has 3 aliphatic rings. The number of rotatable bonds is 2. The summed E-state index contributed by atoms with van der Waals surface area (Å²) in [5.41, 5.74) is 1.37. The van der Waals surface area contributed by atoms with E-state index < -0.39 is 6.04 Å². The van der Waals surface area contributed by atoms with Crippen molar-refractivity contribution in [3.63, 3.8) is 0 Å². The molecule has 28 heavy (non-hydrogen) atoms. The molecular formula is C21H19BrN2O3S. The minimum absolute atomic E-state index is 0.0650. The maximum Gasteiger partial charge on any atom is 0.296 e. The lowest BCUT2D eigenvalue weighted by Gasteiger charge is -2.37. The van der Waals surface area contributed by atoms with Crippen LogP contribution in [-0.2, 0) is 14.3 Å². The molecule has 0 bridgehead atoms. The van der Waals surface area contributed by atoms with Gasteiger partial charge in [0.05, 0.1) is 17.5 Å². The average Bonchev–Trinajstić information content (AvgIpc) is 3.29. The van der Waals surface area contributed by atoms with E-state index in [1.54, 1.807) is 11.1 Å². The van der Waals surface area contributed by atoms with Gasteiger partial charge in [-0.15, -0.1) is 11.3 Å². The van der Waals surface area contributed by atoms with Gasteiger partial charge < -0.3 is 4.74 Å². The van der Waals surface area contributed by atoms with E-state index in [0.717, 1.165) is 29.3 Å². The minimum Gasteiger partial charge on any atom is -0.483 e. The number of carbonyl (C=O) groups excluding carboxylic acids is 2. The molecule has 0 radical (unpaired) electrons. The lowest BCUT2D eigenvalue weighted by molar-refractivity contribution is -0.132. The average molecular weight is 459 g/mol. The first-order valence-electron chi connectivity index (χ1n) is 9.48. The van der Waals surface area contributed by atoms with E-state index in [2.05, 4.69) is 27.8 Å². The molecule has 4 unspecified atom stereocenters. The Labute approximate surface area is 175 Å². The number of thiazole rings is 1. The van der Waals surface area contributed by atoms with Crippen molar-refractivity contribution in [2.45, 2.75) is 38.3 Å². The van der Waals surface area contributed by atoms with Crippen LogP contribution < -0.4 is 4.90 Å². The number of ether oxygens (including phenoxy) is 1. The molecular weight excluding hydrogens is 440 g/mol. The maximum atomic E-state index is 13.6. The summed E-state index contributed by atoms with van der Waals surface area (Å²) >= 11 is 4.90. The molecule has 2 aliphatic heterocycles. The number of benzene rings is 1. The Morgan fingerprint density at radius 1 is 1.29 bits per heavy atom. The van der Waals surface area contributed by atoms with Gasteiger partial charge in [-0.2, -0.15) is 0 Å². The van der Waals surface area contributed by atoms with Crippen LogP contribution in [0, 0.1) is 11.8 Å². The molecule has 1 aromatic carbocycles. The summed E-state index contributed by atoms with van der Waals surface area (Å²) in [5, 5.41) is 2.42. The number of fused-ring (bicyclic) bond motifs is 1. The molecule has 1 aromatic heterocycles. The molecule has 7 heteroatoms. The molecule has 0 saturated heterocycles. The number of amides is 1. The highest BCUT2D eigenvalue weighted by Gasteiger charge is 2.53. The van der Waals surface area contributed by atoms with Crippen molar-refractivity contribution in [1.82, 2.24) is 4.98 Å². The summed E-state index contributed by atoms with van der Waals surface area (Å²) in [6.07, 6.45) is 4.14. The largest absolute Gasteiger partial charge is 0.483 e. The molecule has 5 nitrogen and oxygen atoms in total. The van der Waals surface area contributed by atoms with Gasteiger partial charge in [0.1, 0.15) is 6.10 Å². The minimum atomic E-state index is -0.503. The van der Waals surface area contributed by atoms with Crippen LogP contribution >= 0.6 is 27.3 Å². The van der Waals surface area contributed by atoms with E-state index in [9.17, 15) is 9.59 Å². The van der Waals surface area contributed by atoms with Crippen LogP contribution in [0.5, 0.6) is 0 Å². The number of aromatic nitrogens is 1. The molecule has 5 rings (SSSR count). The zero-order valence-corrected chi connectivity index (χ0v) is 17.7. The van der Waals surface area contributed by atoms with Gasteiger partial charge in [0.25, 0.3) is 5.91 Å². The van der Waals surface area contributed by atoms with Gasteiger partial charge in [0.15, 0.2) is 16.7 Å². The van der Waals surface area contributed by atoms with Crippen molar-refractivity contribution in [3.8, 4) is 0 Å². The molecule has 0 N–H and O–H groups in total. The normalized spacial score (nSPS) is 29.6. The molecule has 3 heterocycles. The molecule has 0 spiro atoms. The number of halogens is 1. The first-order chi connectivity index (χ1) is 13.5. The van der Waals surface area contributed by atoms with Crippen molar-refractivity contribution in [2.75, 3.05) is 4.90 Å². The van der Waals surface area contributed by atoms with Crippen LogP contribution in [0.4, 0.5) is 5.13 Å². The van der Waals surface area contributed by atoms with Crippen molar-refractivity contribution in [3.05, 3.63) is 57.2 Å². The van der Waals surface area contributed by atoms with E-state index in [4.69, 9.17) is 4.74 Å². The standard InChI is InChI=1S/C21H19BrN2O3S/c1-11-5-6-15-14(9-11)18(25)16-17(12-3-2-4-13(22)10-12)24(20(26)19(16)27-15)21-23-7-8-28-21/h2-4,7-8,10-11,14-15,17H,5-6,9H2,1H3. The third-order valence-electron chi connectivity index (χ3n) is 5.90. The van der Waals surface area contributed by atoms with Crippen LogP contribution in [0.15, 0.2) is 51.6 Å². The molecule has 1 aliphatic carbocycles. The van der Waals surface area contributed by atoms with Gasteiger partial charge in [-0.05, 0) is 42.9 Å². The summed E-state index contributed by atoms with van der Waals surface area (Å²) in [7, 11) is 0. The third-order valence-corrected chi connectivity index (χ3v) is 7.16. The van der Waals surface area contributed by atoms with E-state index >= 15 is 0 Å². The van der Waals surface area contributed by atoms with Gasteiger partial charge >= 0.3 is 0 Å². The molecule has 1 amide bonds. The topological polar surface area (TPSA) is 59.5 Å². The highest BCUT2D eigenvalue weighted by molar-refractivity contribution is 9.10. The first-order valence-corrected chi connectivity index (χ1v) is 11.2. The monoisotopic (exact) mass is 458 g/mol. The number of hydrogen-bond donors (Lipinski definition) is 0. The maximum absolute atomic E-state index is 13.6. The predicted octanol–water partition coefficient (Wildman–Crippen LogP) is 4.65. The van der Waals surface area contributed by atoms with Crippen LogP contribution in [0.25, 0.3) is 0 Å². The summed E-state index contributed by atoms with van der Waals surface area (Å²) in [4.78, 5) is 32.9. The van der Waals surface area contributed by atoms with Gasteiger partial charge in [0.2, 0.25) is 0 Å². The first kappa shape index (κ1) is 18.1. The SMILES string of the molecule is CC1CCC2OC3=C(C(=O)C2C1)C(c1cccc(Br)c1)N(c1nccs1)C3=O. The number of Topliss-reactive ketones (excluding diaryl/α,β-unsaturated/α-hetero) is 1. The fourth-order valence-electron chi connectivity index (χ4n) is 4.60. The Balaban J connectivity index is 1.65. The van der Waals surface area contributed by atoms with Gasteiger partial charge in [-0.1, -0.05) is 35.0 Å². The summed E-state index contributed by atoms with van der Waals surface area (Å²) in [5.74, 6) is 0.352. The number of hydrogen-bond acceptors (Lipinski definition) is 5. The van der Waals surface area contributed by atoms with Crippen molar-refractivity contribution in [1.29, 1.82) is 0 Å². The third kappa shape index (κ3) is 2.75. The number of ketones is 1. The summed E-state index contributed by atoms with van der Waals surface area (Å²) < 4.78 is 7.09. The summed E-state index contributed by atoms with van der Waals surface area (Å²) in [6.45, 7) is 2.18. The smallest absolute Gasteiger partial charge is 0.296 e. The van der Waals surface area contributed by atoms with E-state index in [1.807, 2.05) is 29.6 Å². The number of anilines is 1. The fourth-order valence-corrected chi connectivity index (χ4v) is 5.69. The lowest BCUT2D eigenvalue weighted by atomic mass is 9.74. The Hall–Kier alpha value is -1.99. The van der Waals surface area contributed by atoms with Crippen LogP contribution in [-0.4, -0.2) is 22.8 Å². The summed E-state index contributed by atoms with van der Waals surface area (Å²) in [6, 6.07) is 7.25. The van der Waals surface area contributed by atoms with Gasteiger partial charge in [-0.25, -0.2) is 4.98 Å². The second kappa shape index (κ2) is 6.81. The molecule has 144 valence electrons. The van der Waals surface area contributed by atoms with Crippen LogP contribution in [0.3, 0.4) is 0 Å². The zero-order valence-electron chi connectivity index (χ0n) is 15.3. The Bertz CT molecular complexity index is 987. The Morgan fingerprint density at radius 3 is 2.89 bits per heavy atom. The lowest BCUT2D eigenvalue weighted by Crippen LogP contribution is -2.41. The second-order valence-electron chi connectivity index (χ2n) is 7.74. The number of nitrogens with zero attached hydrogens (tertiary/aromatic N) is 2. The van der Waals surface area contributed by atoms with Crippen LogP contribution in [0.2, 0.25) is 0 Å². The Morgan fingerprint density at radius 2 is 2.14 bits per heavy atom. The molecule has 2 aromatic rings. The van der Waals surface area contributed by atoms with Crippen molar-refractivity contribution in [2.24, 2.45) is 11.8 Å². The zero-order chi connectivity index (χ0) is 19.4. The molecule has 1 fully saturated rings. The van der Waals surface area contributed by atoms with Gasteiger partial charge in [0, 0.05) is 16.0 Å². The van der Waals surface area contributed by atoms with E-state index in [0.29, 0.717) is 16.6 Å². The highest BCUT2D eigenvalue weighted by Crippen LogP contribution is 2.49. The second-order valence-corrected chi connectivity index (χ2v) is 9.52. The molecule has 4 atom stereocenters. The molecule has 1 saturated carbocycles. The van der Waals surface area contributed by atoms with E-state index in [1.165, 1.54) is 11.3 Å². The van der Waals surface area contributed by atoms with Crippen LogP contribution in [0.1, 0.15) is 37.8 Å². The quantitative estimate of drug-likeness (QED) is 0.656. The highest BCUT2D eigenvalue weighted by atomic mass is 79.9. The number of carbonyl (C=O) groups is 2. The van der Waals surface area contributed by atoms with Crippen molar-refractivity contribution < 1.29 is 14.3 Å². The van der Waals surface area contributed by atoms with E-state index in [-0.39, 0.29) is 29.5 Å². The Kier molecular flexibility index (Phi) is 4.39. The fraction of sp³-hybridized carbons (Fsp3) is 0.381. The van der Waals surface area contributed by atoms with Crippen molar-refractivity contribution >= 4 is 44.1 Å². The predicted molar refractivity (Wildman–Crippen MR) is 110 cm³/mol.